The van der Waals surface area contributed by atoms with Crippen molar-refractivity contribution in [3.63, 3.8) is 0 Å². The zero-order valence-corrected chi connectivity index (χ0v) is 11.8. The number of nitrogens with two attached hydrogens (primary N) is 1. The van der Waals surface area contributed by atoms with Gasteiger partial charge in [0.1, 0.15) is 0 Å². The van der Waals surface area contributed by atoms with Crippen LogP contribution in [-0.4, -0.2) is 41.8 Å². The van der Waals surface area contributed by atoms with E-state index in [2.05, 4.69) is 43.1 Å². The van der Waals surface area contributed by atoms with Crippen LogP contribution in [0.15, 0.2) is 30.3 Å². The zero-order chi connectivity index (χ0) is 13.6. The maximum atomic E-state index is 9.98. The number of nitrogens with zero attached hydrogens (tertiary/aromatic N) is 1. The molecule has 0 radical (unpaired) electrons. The minimum absolute atomic E-state index is 0.309. The van der Waals surface area contributed by atoms with Gasteiger partial charge in [0.05, 0.1) is 5.60 Å². The quantitative estimate of drug-likeness (QED) is 0.773. The zero-order valence-electron chi connectivity index (χ0n) is 11.8. The third kappa shape index (κ3) is 5.17. The van der Waals surface area contributed by atoms with Crippen molar-refractivity contribution in [2.45, 2.75) is 38.3 Å². The lowest BCUT2D eigenvalue weighted by Gasteiger charge is -2.31. The molecule has 0 aliphatic carbocycles. The Hall–Kier alpha value is -0.900. The van der Waals surface area contributed by atoms with E-state index in [-0.39, 0.29) is 0 Å². The van der Waals surface area contributed by atoms with Gasteiger partial charge in [0.2, 0.25) is 0 Å². The summed E-state index contributed by atoms with van der Waals surface area (Å²) in [7, 11) is 2.10. The molecule has 0 aromatic heterocycles. The minimum Gasteiger partial charge on any atom is -0.389 e. The third-order valence-electron chi connectivity index (χ3n) is 3.52. The second-order valence-corrected chi connectivity index (χ2v) is 5.47. The Morgan fingerprint density at radius 3 is 2.50 bits per heavy atom. The highest BCUT2D eigenvalue weighted by atomic mass is 16.3. The molecule has 0 aliphatic heterocycles. The van der Waals surface area contributed by atoms with Crippen LogP contribution < -0.4 is 5.73 Å². The van der Waals surface area contributed by atoms with Gasteiger partial charge in [-0.05, 0) is 39.3 Å². The fourth-order valence-corrected chi connectivity index (χ4v) is 2.05. The molecular formula is C15H26N2O. The average molecular weight is 250 g/mol. The van der Waals surface area contributed by atoms with Crippen molar-refractivity contribution in [3.05, 3.63) is 35.9 Å². The SMILES string of the molecule is CC(CC(C)(O)CN)N(C)CCc1ccccc1. The van der Waals surface area contributed by atoms with E-state index in [0.29, 0.717) is 19.0 Å². The smallest absolute Gasteiger partial charge is 0.0756 e. The van der Waals surface area contributed by atoms with Crippen LogP contribution >= 0.6 is 0 Å². The molecule has 1 aromatic rings. The maximum Gasteiger partial charge on any atom is 0.0756 e. The highest BCUT2D eigenvalue weighted by Crippen LogP contribution is 2.14. The molecule has 0 saturated carbocycles. The molecule has 0 saturated heterocycles. The standard InChI is InChI=1S/C15H26N2O/c1-13(11-15(2,18)12-16)17(3)10-9-14-7-5-4-6-8-14/h4-8,13,18H,9-12,16H2,1-3H3. The van der Waals surface area contributed by atoms with Crippen molar-refractivity contribution in [1.82, 2.24) is 4.90 Å². The molecule has 0 spiro atoms. The summed E-state index contributed by atoms with van der Waals surface area (Å²) in [6, 6.07) is 10.8. The van der Waals surface area contributed by atoms with Gasteiger partial charge < -0.3 is 15.7 Å². The molecule has 0 heterocycles. The first kappa shape index (κ1) is 15.2. The maximum absolute atomic E-state index is 9.98. The number of hydrogen-bond acceptors (Lipinski definition) is 3. The van der Waals surface area contributed by atoms with E-state index >= 15 is 0 Å². The summed E-state index contributed by atoms with van der Waals surface area (Å²) in [4.78, 5) is 2.27. The molecule has 0 fully saturated rings. The summed E-state index contributed by atoms with van der Waals surface area (Å²) in [5.74, 6) is 0. The highest BCUT2D eigenvalue weighted by molar-refractivity contribution is 5.14. The van der Waals surface area contributed by atoms with Gasteiger partial charge in [0, 0.05) is 19.1 Å². The summed E-state index contributed by atoms with van der Waals surface area (Å²) in [6.45, 7) is 5.24. The van der Waals surface area contributed by atoms with Crippen molar-refractivity contribution < 1.29 is 5.11 Å². The van der Waals surface area contributed by atoms with Crippen molar-refractivity contribution in [2.24, 2.45) is 5.73 Å². The molecular weight excluding hydrogens is 224 g/mol. The summed E-state index contributed by atoms with van der Waals surface area (Å²) < 4.78 is 0. The van der Waals surface area contributed by atoms with E-state index in [9.17, 15) is 5.11 Å². The molecule has 3 nitrogen and oxygen atoms in total. The van der Waals surface area contributed by atoms with Crippen molar-refractivity contribution in [2.75, 3.05) is 20.1 Å². The number of benzene rings is 1. The molecule has 2 atom stereocenters. The minimum atomic E-state index is -0.763. The Bertz CT molecular complexity index is 338. The predicted molar refractivity (Wildman–Crippen MR) is 76.5 cm³/mol. The second kappa shape index (κ2) is 6.88. The molecule has 2 unspecified atom stereocenters. The van der Waals surface area contributed by atoms with E-state index in [1.165, 1.54) is 5.56 Å². The van der Waals surface area contributed by atoms with Gasteiger partial charge in [0.25, 0.3) is 0 Å². The van der Waals surface area contributed by atoms with Gasteiger partial charge in [-0.25, -0.2) is 0 Å². The van der Waals surface area contributed by atoms with E-state index in [1.54, 1.807) is 6.92 Å². The fraction of sp³-hybridized carbons (Fsp3) is 0.600. The van der Waals surface area contributed by atoms with Gasteiger partial charge in [-0.15, -0.1) is 0 Å². The second-order valence-electron chi connectivity index (χ2n) is 5.47. The van der Waals surface area contributed by atoms with Gasteiger partial charge >= 0.3 is 0 Å². The van der Waals surface area contributed by atoms with Gasteiger partial charge in [-0.3, -0.25) is 0 Å². The number of likely N-dealkylation sites (N-methyl/N-ethyl adjacent to an activating group) is 1. The van der Waals surface area contributed by atoms with Crippen molar-refractivity contribution >= 4 is 0 Å². The molecule has 3 heteroatoms. The van der Waals surface area contributed by atoms with Crippen LogP contribution in [-0.2, 0) is 6.42 Å². The third-order valence-corrected chi connectivity index (χ3v) is 3.52. The average Bonchev–Trinajstić information content (AvgIpc) is 2.36. The fourth-order valence-electron chi connectivity index (χ4n) is 2.05. The predicted octanol–water partition coefficient (Wildman–Crippen LogP) is 1.65. The molecule has 3 N–H and O–H groups in total. The number of rotatable bonds is 7. The lowest BCUT2D eigenvalue weighted by atomic mass is 9.97. The molecule has 102 valence electrons. The lowest BCUT2D eigenvalue weighted by Crippen LogP contribution is -2.42. The van der Waals surface area contributed by atoms with E-state index < -0.39 is 5.60 Å². The first-order chi connectivity index (χ1) is 8.44. The monoisotopic (exact) mass is 250 g/mol. The summed E-state index contributed by atoms with van der Waals surface area (Å²) >= 11 is 0. The van der Waals surface area contributed by atoms with Crippen LogP contribution in [0, 0.1) is 0 Å². The normalized spacial score (nSPS) is 16.6. The van der Waals surface area contributed by atoms with Crippen LogP contribution in [0.2, 0.25) is 0 Å². The number of hydrogen-bond donors (Lipinski definition) is 2. The van der Waals surface area contributed by atoms with E-state index in [0.717, 1.165) is 13.0 Å². The van der Waals surface area contributed by atoms with Gasteiger partial charge in [-0.1, -0.05) is 30.3 Å². The van der Waals surface area contributed by atoms with E-state index in [4.69, 9.17) is 5.73 Å². The Labute approximate surface area is 111 Å². The van der Waals surface area contributed by atoms with Crippen LogP contribution in [0.1, 0.15) is 25.8 Å². The van der Waals surface area contributed by atoms with Crippen LogP contribution in [0.4, 0.5) is 0 Å². The first-order valence-corrected chi connectivity index (χ1v) is 6.61. The Balaban J connectivity index is 2.38. The molecule has 0 bridgehead atoms. The van der Waals surface area contributed by atoms with Crippen molar-refractivity contribution in [3.8, 4) is 0 Å². The summed E-state index contributed by atoms with van der Waals surface area (Å²) in [5, 5.41) is 9.98. The highest BCUT2D eigenvalue weighted by Gasteiger charge is 2.23. The molecule has 1 rings (SSSR count). The molecule has 0 aliphatic rings. The molecule has 1 aromatic carbocycles. The molecule has 18 heavy (non-hydrogen) atoms. The van der Waals surface area contributed by atoms with Crippen LogP contribution in [0.25, 0.3) is 0 Å². The first-order valence-electron chi connectivity index (χ1n) is 6.61. The summed E-state index contributed by atoms with van der Waals surface area (Å²) in [6.07, 6.45) is 1.74. The lowest BCUT2D eigenvalue weighted by molar-refractivity contribution is 0.0337. The van der Waals surface area contributed by atoms with Crippen LogP contribution in [0.3, 0.4) is 0 Å². The Morgan fingerprint density at radius 1 is 1.33 bits per heavy atom. The largest absolute Gasteiger partial charge is 0.389 e. The van der Waals surface area contributed by atoms with Gasteiger partial charge in [0.15, 0.2) is 0 Å². The van der Waals surface area contributed by atoms with E-state index in [1.807, 2.05) is 6.07 Å². The topological polar surface area (TPSA) is 49.5 Å². The van der Waals surface area contributed by atoms with Gasteiger partial charge in [-0.2, -0.15) is 0 Å². The Morgan fingerprint density at radius 2 is 1.94 bits per heavy atom. The molecule has 0 amide bonds. The Kier molecular flexibility index (Phi) is 5.79. The van der Waals surface area contributed by atoms with Crippen LogP contribution in [0.5, 0.6) is 0 Å². The van der Waals surface area contributed by atoms with Crippen molar-refractivity contribution in [1.29, 1.82) is 0 Å². The number of aliphatic hydroxyl groups is 1. The summed E-state index contributed by atoms with van der Waals surface area (Å²) in [5.41, 5.74) is 6.14.